The van der Waals surface area contributed by atoms with Crippen LogP contribution in [0.15, 0.2) is 34.8 Å². The normalized spacial score (nSPS) is 28.2. The van der Waals surface area contributed by atoms with E-state index < -0.39 is 64.7 Å². The van der Waals surface area contributed by atoms with Gasteiger partial charge in [-0.2, -0.15) is 0 Å². The zero-order chi connectivity index (χ0) is 25.1. The number of primary amides is 1. The first-order valence-corrected chi connectivity index (χ1v) is 10.6. The number of aromatic hydroxyl groups is 1. The molecule has 3 aliphatic carbocycles. The van der Waals surface area contributed by atoms with Gasteiger partial charge in [-0.05, 0) is 50.6 Å². The number of hydrogen-bond donors (Lipinski definition) is 6. The molecular weight excluding hydrogens is 444 g/mol. The van der Waals surface area contributed by atoms with Crippen LogP contribution in [-0.4, -0.2) is 80.3 Å². The third kappa shape index (κ3) is 3.05. The Morgan fingerprint density at radius 2 is 1.91 bits per heavy atom. The molecule has 34 heavy (non-hydrogen) atoms. The van der Waals surface area contributed by atoms with E-state index in [2.05, 4.69) is 11.8 Å². The second-order valence-electron chi connectivity index (χ2n) is 8.91. The molecule has 0 spiro atoms. The Morgan fingerprint density at radius 3 is 2.50 bits per heavy atom. The van der Waals surface area contributed by atoms with Gasteiger partial charge in [-0.25, -0.2) is 0 Å². The molecule has 1 aromatic rings. The van der Waals surface area contributed by atoms with E-state index in [-0.39, 0.29) is 29.7 Å². The second-order valence-corrected chi connectivity index (χ2v) is 8.91. The number of carbonyl (C=O) groups is 3. The van der Waals surface area contributed by atoms with Gasteiger partial charge in [0.1, 0.15) is 29.4 Å². The number of Topliss-reactive ketones (excluding diaryl/α,β-unsaturated/α-hetero) is 2. The summed E-state index contributed by atoms with van der Waals surface area (Å²) in [4.78, 5) is 40.1. The van der Waals surface area contributed by atoms with E-state index >= 15 is 0 Å². The number of phenolic OH excluding ortho intramolecular Hbond substituents is 1. The van der Waals surface area contributed by atoms with Crippen LogP contribution in [0.2, 0.25) is 0 Å². The third-order valence-electron chi connectivity index (χ3n) is 6.91. The minimum atomic E-state index is -2.67. The number of carbonyl (C=O) groups excluding carboxylic acids is 3. The summed E-state index contributed by atoms with van der Waals surface area (Å²) in [5, 5.41) is 52.9. The number of nitrogens with zero attached hydrogens (tertiary/aromatic N) is 1. The van der Waals surface area contributed by atoms with Crippen LogP contribution in [0.25, 0.3) is 0 Å². The maximum absolute atomic E-state index is 13.5. The number of fused-ring (bicyclic) bond motifs is 3. The number of amides is 1. The summed E-state index contributed by atoms with van der Waals surface area (Å²) in [5.74, 6) is -1.76. The molecule has 0 fully saturated rings. The summed E-state index contributed by atoms with van der Waals surface area (Å²) in [6, 6.07) is 1.72. The monoisotopic (exact) mass is 468 g/mol. The van der Waals surface area contributed by atoms with E-state index in [0.29, 0.717) is 11.1 Å². The Balaban J connectivity index is 1.96. The van der Waals surface area contributed by atoms with Crippen molar-refractivity contribution in [1.82, 2.24) is 4.90 Å². The Labute approximate surface area is 194 Å². The number of nitrogens with two attached hydrogens (primary N) is 1. The van der Waals surface area contributed by atoms with Crippen LogP contribution in [0.5, 0.6) is 5.75 Å². The maximum Gasteiger partial charge on any atom is 0.255 e. The molecule has 4 rings (SSSR count). The van der Waals surface area contributed by atoms with Gasteiger partial charge in [0.15, 0.2) is 11.4 Å². The molecule has 7 N–H and O–H groups in total. The van der Waals surface area contributed by atoms with Gasteiger partial charge in [0.05, 0.1) is 11.6 Å². The summed E-state index contributed by atoms with van der Waals surface area (Å²) in [6.45, 7) is -0.408. The molecule has 1 amide bonds. The standard InChI is InChI=1S/C24H24N2O8/c1-26(2)18-13-9-11-8-12-10(4-3-7-27)5-6-14(28)16(12)19(29)15(11)21(31)24(13,34)22(32)17(20(18)30)23(25)33/h5-6,11,13,18,27-28,30-31,34H,7-9H2,1-2H3,(H2,25,33). The quantitative estimate of drug-likeness (QED) is 0.245. The molecule has 178 valence electrons. The van der Waals surface area contributed by atoms with Crippen LogP contribution in [0, 0.1) is 23.7 Å². The van der Waals surface area contributed by atoms with Gasteiger partial charge in [0, 0.05) is 17.1 Å². The van der Waals surface area contributed by atoms with Crippen LogP contribution >= 0.6 is 0 Å². The Bertz CT molecular complexity index is 1270. The topological polar surface area (TPSA) is 182 Å². The van der Waals surface area contributed by atoms with E-state index in [9.17, 15) is 34.8 Å². The Hall–Kier alpha value is -3.65. The first-order valence-electron chi connectivity index (χ1n) is 10.6. The lowest BCUT2D eigenvalue weighted by Crippen LogP contribution is -2.63. The molecule has 0 saturated heterocycles. The molecule has 0 aromatic heterocycles. The number of aliphatic hydroxyl groups excluding tert-OH is 3. The number of hydrogen-bond acceptors (Lipinski definition) is 9. The first kappa shape index (κ1) is 23.5. The van der Waals surface area contributed by atoms with E-state index in [1.807, 2.05) is 0 Å². The molecule has 10 heteroatoms. The van der Waals surface area contributed by atoms with Crippen molar-refractivity contribution in [3.05, 3.63) is 51.5 Å². The molecule has 0 aliphatic heterocycles. The number of rotatable bonds is 2. The highest BCUT2D eigenvalue weighted by Crippen LogP contribution is 2.52. The average molecular weight is 468 g/mol. The van der Waals surface area contributed by atoms with Gasteiger partial charge in [-0.1, -0.05) is 11.8 Å². The Kier molecular flexibility index (Phi) is 5.52. The van der Waals surface area contributed by atoms with Crippen molar-refractivity contribution in [2.45, 2.75) is 24.5 Å². The van der Waals surface area contributed by atoms with Gasteiger partial charge in [-0.3, -0.25) is 19.3 Å². The van der Waals surface area contributed by atoms with Crippen molar-refractivity contribution in [3.63, 3.8) is 0 Å². The van der Waals surface area contributed by atoms with Crippen LogP contribution in [0.4, 0.5) is 0 Å². The fourth-order valence-corrected chi connectivity index (χ4v) is 5.50. The zero-order valence-corrected chi connectivity index (χ0v) is 18.5. The molecule has 4 unspecified atom stereocenters. The van der Waals surface area contributed by atoms with Gasteiger partial charge in [-0.15, -0.1) is 0 Å². The van der Waals surface area contributed by atoms with Gasteiger partial charge < -0.3 is 31.3 Å². The molecule has 4 atom stereocenters. The lowest BCUT2D eigenvalue weighted by atomic mass is 9.58. The zero-order valence-electron chi connectivity index (χ0n) is 18.5. The van der Waals surface area contributed by atoms with Crippen molar-refractivity contribution < 1.29 is 39.9 Å². The predicted molar refractivity (Wildman–Crippen MR) is 118 cm³/mol. The molecule has 0 bridgehead atoms. The first-order chi connectivity index (χ1) is 16.0. The number of phenols is 1. The van der Waals surface area contributed by atoms with E-state index in [1.54, 1.807) is 14.1 Å². The lowest BCUT2D eigenvalue weighted by Gasteiger charge is -2.50. The lowest BCUT2D eigenvalue weighted by molar-refractivity contribution is -0.148. The number of benzene rings is 1. The van der Waals surface area contributed by atoms with Crippen molar-refractivity contribution >= 4 is 17.5 Å². The van der Waals surface area contributed by atoms with E-state index in [4.69, 9.17) is 10.8 Å². The van der Waals surface area contributed by atoms with Crippen LogP contribution in [0.1, 0.15) is 27.9 Å². The second kappa shape index (κ2) is 7.99. The summed E-state index contributed by atoms with van der Waals surface area (Å²) in [7, 11) is 3.13. The fourth-order valence-electron chi connectivity index (χ4n) is 5.50. The molecule has 3 aliphatic rings. The predicted octanol–water partition coefficient (Wildman–Crippen LogP) is -0.536. The number of allylic oxidation sites excluding steroid dienone is 1. The van der Waals surface area contributed by atoms with E-state index in [0.717, 1.165) is 0 Å². The minimum Gasteiger partial charge on any atom is -0.510 e. The van der Waals surface area contributed by atoms with Gasteiger partial charge in [0.25, 0.3) is 5.91 Å². The summed E-state index contributed by atoms with van der Waals surface area (Å²) in [5.41, 5.74) is 2.26. The van der Waals surface area contributed by atoms with Gasteiger partial charge >= 0.3 is 0 Å². The van der Waals surface area contributed by atoms with Crippen LogP contribution < -0.4 is 5.73 Å². The highest BCUT2D eigenvalue weighted by molar-refractivity contribution is 6.24. The van der Waals surface area contributed by atoms with Crippen molar-refractivity contribution in [2.24, 2.45) is 17.6 Å². The van der Waals surface area contributed by atoms with E-state index in [1.165, 1.54) is 17.0 Å². The largest absolute Gasteiger partial charge is 0.510 e. The summed E-state index contributed by atoms with van der Waals surface area (Å²) >= 11 is 0. The molecule has 1 aromatic carbocycles. The van der Waals surface area contributed by atoms with Gasteiger partial charge in [0.2, 0.25) is 5.78 Å². The maximum atomic E-state index is 13.5. The smallest absolute Gasteiger partial charge is 0.255 e. The average Bonchev–Trinajstić information content (AvgIpc) is 2.75. The molecular formula is C24H24N2O8. The fraction of sp³-hybridized carbons (Fsp3) is 0.375. The van der Waals surface area contributed by atoms with Crippen LogP contribution in [0.3, 0.4) is 0 Å². The van der Waals surface area contributed by atoms with Crippen molar-refractivity contribution in [1.29, 1.82) is 0 Å². The molecule has 0 radical (unpaired) electrons. The number of aliphatic hydroxyl groups is 4. The molecule has 0 heterocycles. The summed E-state index contributed by atoms with van der Waals surface area (Å²) < 4.78 is 0. The Morgan fingerprint density at radius 1 is 1.24 bits per heavy atom. The van der Waals surface area contributed by atoms with Crippen molar-refractivity contribution in [2.75, 3.05) is 20.7 Å². The van der Waals surface area contributed by atoms with Crippen molar-refractivity contribution in [3.8, 4) is 17.6 Å². The molecule has 0 saturated carbocycles. The van der Waals surface area contributed by atoms with Crippen LogP contribution in [-0.2, 0) is 16.0 Å². The third-order valence-corrected chi connectivity index (χ3v) is 6.91. The molecule has 10 nitrogen and oxygen atoms in total. The summed E-state index contributed by atoms with van der Waals surface area (Å²) in [6.07, 6.45) is 0.132. The SMILES string of the molecule is CN(C)C1C(O)=C(C(N)=O)C(=O)C2(O)C(O)=C3C(=O)c4c(O)ccc(C#CCO)c4CC3CC12. The minimum absolute atomic E-state index is 0.00567. The highest BCUT2D eigenvalue weighted by Gasteiger charge is 2.63. The number of likely N-dealkylation sites (N-methyl/N-ethyl adjacent to an activating group) is 1. The number of ketones is 2. The highest BCUT2D eigenvalue weighted by atomic mass is 16.3.